The Morgan fingerprint density at radius 2 is 1.73 bits per heavy atom. The molecule has 4 heterocycles. The smallest absolute Gasteiger partial charge is 0.225 e. The summed E-state index contributed by atoms with van der Waals surface area (Å²) >= 11 is 0. The third-order valence-electron chi connectivity index (χ3n) is 6.89. The average molecular weight is 356 g/mol. The maximum absolute atomic E-state index is 12.8. The van der Waals surface area contributed by atoms with Crippen LogP contribution in [0.2, 0.25) is 0 Å². The summed E-state index contributed by atoms with van der Waals surface area (Å²) in [5.74, 6) is 3.45. The number of hydrogen-bond donors (Lipinski definition) is 0. The van der Waals surface area contributed by atoms with E-state index < -0.39 is 0 Å². The van der Waals surface area contributed by atoms with Gasteiger partial charge in [-0.25, -0.2) is 9.97 Å². The van der Waals surface area contributed by atoms with Crippen molar-refractivity contribution >= 4 is 11.7 Å². The molecule has 4 fully saturated rings. The number of anilines is 1. The van der Waals surface area contributed by atoms with Crippen LogP contribution in [0.4, 0.5) is 5.82 Å². The summed E-state index contributed by atoms with van der Waals surface area (Å²) in [4.78, 5) is 26.3. The Morgan fingerprint density at radius 1 is 1.00 bits per heavy atom. The lowest BCUT2D eigenvalue weighted by Crippen LogP contribution is -2.39. The number of carbonyl (C=O) groups excluding carboxylic acids is 1. The molecule has 1 amide bonds. The second-order valence-electron chi connectivity index (χ2n) is 8.48. The van der Waals surface area contributed by atoms with Crippen LogP contribution in [0.15, 0.2) is 12.4 Å². The van der Waals surface area contributed by atoms with Crippen LogP contribution in [0.5, 0.6) is 0 Å². The van der Waals surface area contributed by atoms with Gasteiger partial charge >= 0.3 is 0 Å². The van der Waals surface area contributed by atoms with E-state index >= 15 is 0 Å². The van der Waals surface area contributed by atoms with Gasteiger partial charge < -0.3 is 14.5 Å². The van der Waals surface area contributed by atoms with E-state index in [2.05, 4.69) is 25.8 Å². The molecular formula is C20H28N4O2. The number of fused-ring (bicyclic) bond motifs is 1. The lowest BCUT2D eigenvalue weighted by Gasteiger charge is -2.28. The van der Waals surface area contributed by atoms with Crippen molar-refractivity contribution in [2.45, 2.75) is 38.0 Å². The second-order valence-corrected chi connectivity index (χ2v) is 8.48. The highest BCUT2D eigenvalue weighted by atomic mass is 16.5. The number of rotatable bonds is 3. The van der Waals surface area contributed by atoms with Gasteiger partial charge in [0.2, 0.25) is 5.91 Å². The van der Waals surface area contributed by atoms with E-state index in [1.165, 1.54) is 25.0 Å². The molecule has 2 atom stereocenters. The molecule has 0 radical (unpaired) electrons. The first kappa shape index (κ1) is 16.5. The fraction of sp³-hybridized carbons (Fsp3) is 0.750. The summed E-state index contributed by atoms with van der Waals surface area (Å²) < 4.78 is 5.40. The predicted molar refractivity (Wildman–Crippen MR) is 97.9 cm³/mol. The van der Waals surface area contributed by atoms with Crippen LogP contribution in [0.25, 0.3) is 0 Å². The summed E-state index contributed by atoms with van der Waals surface area (Å²) in [5, 5.41) is 0. The average Bonchev–Trinajstić information content (AvgIpc) is 3.20. The highest BCUT2D eigenvalue weighted by Crippen LogP contribution is 2.38. The highest BCUT2D eigenvalue weighted by Gasteiger charge is 2.43. The number of hydrogen-bond acceptors (Lipinski definition) is 5. The summed E-state index contributed by atoms with van der Waals surface area (Å²) in [6.45, 7) is 5.34. The van der Waals surface area contributed by atoms with Crippen molar-refractivity contribution in [3.8, 4) is 0 Å². The number of ether oxygens (including phenoxy) is 1. The Morgan fingerprint density at radius 3 is 2.38 bits per heavy atom. The standard InChI is InChI=1S/C20H28N4O2/c25-20(15-4-6-26-7-5-15)24-11-16-9-23(10-17(16)12-24)19-8-18(21-13-22-19)14-2-1-3-14/h8,13-17H,1-7,9-12H2. The van der Waals surface area contributed by atoms with Gasteiger partial charge in [-0.3, -0.25) is 4.79 Å². The van der Waals surface area contributed by atoms with E-state index in [0.29, 0.717) is 23.7 Å². The van der Waals surface area contributed by atoms with Crippen LogP contribution < -0.4 is 4.90 Å². The molecule has 0 aromatic carbocycles. The van der Waals surface area contributed by atoms with E-state index in [4.69, 9.17) is 4.74 Å². The van der Waals surface area contributed by atoms with Gasteiger partial charge in [0.1, 0.15) is 12.1 Å². The molecular weight excluding hydrogens is 328 g/mol. The number of amides is 1. The zero-order chi connectivity index (χ0) is 17.5. The molecule has 26 heavy (non-hydrogen) atoms. The fourth-order valence-electron chi connectivity index (χ4n) is 5.02. The van der Waals surface area contributed by atoms with Crippen molar-refractivity contribution < 1.29 is 9.53 Å². The van der Waals surface area contributed by atoms with Crippen LogP contribution in [0.1, 0.15) is 43.7 Å². The molecule has 0 spiro atoms. The maximum Gasteiger partial charge on any atom is 0.225 e. The van der Waals surface area contributed by atoms with E-state index in [0.717, 1.165) is 58.1 Å². The topological polar surface area (TPSA) is 58.6 Å². The molecule has 5 rings (SSSR count). The van der Waals surface area contributed by atoms with Gasteiger partial charge in [-0.15, -0.1) is 0 Å². The number of nitrogens with zero attached hydrogens (tertiary/aromatic N) is 4. The summed E-state index contributed by atoms with van der Waals surface area (Å²) in [6, 6.07) is 2.20. The molecule has 1 saturated carbocycles. The van der Waals surface area contributed by atoms with Crippen LogP contribution in [-0.4, -0.2) is 60.2 Å². The van der Waals surface area contributed by atoms with Crippen molar-refractivity contribution in [3.05, 3.63) is 18.1 Å². The molecule has 0 N–H and O–H groups in total. The van der Waals surface area contributed by atoms with Gasteiger partial charge in [0.15, 0.2) is 0 Å². The van der Waals surface area contributed by atoms with Crippen molar-refractivity contribution in [2.24, 2.45) is 17.8 Å². The van der Waals surface area contributed by atoms with Gasteiger partial charge in [-0.2, -0.15) is 0 Å². The molecule has 6 nitrogen and oxygen atoms in total. The quantitative estimate of drug-likeness (QED) is 0.830. The van der Waals surface area contributed by atoms with Crippen LogP contribution in [0.3, 0.4) is 0 Å². The fourth-order valence-corrected chi connectivity index (χ4v) is 5.02. The SMILES string of the molecule is O=C(C1CCOCC1)N1CC2CN(c3cc(C4CCC4)ncn3)CC2C1. The van der Waals surface area contributed by atoms with E-state index in [1.807, 2.05) is 0 Å². The van der Waals surface area contributed by atoms with Crippen molar-refractivity contribution in [1.29, 1.82) is 0 Å². The third-order valence-corrected chi connectivity index (χ3v) is 6.89. The highest BCUT2D eigenvalue weighted by molar-refractivity contribution is 5.79. The van der Waals surface area contributed by atoms with Crippen molar-refractivity contribution in [1.82, 2.24) is 14.9 Å². The first-order valence-corrected chi connectivity index (χ1v) is 10.2. The molecule has 1 aliphatic carbocycles. The number of carbonyl (C=O) groups is 1. The first-order valence-electron chi connectivity index (χ1n) is 10.2. The zero-order valence-electron chi connectivity index (χ0n) is 15.3. The van der Waals surface area contributed by atoms with Crippen molar-refractivity contribution in [3.63, 3.8) is 0 Å². The Bertz CT molecular complexity index is 658. The Labute approximate surface area is 154 Å². The number of aromatic nitrogens is 2. The predicted octanol–water partition coefficient (Wildman–Crippen LogP) is 2.07. The monoisotopic (exact) mass is 356 g/mol. The number of likely N-dealkylation sites (tertiary alicyclic amines) is 1. The van der Waals surface area contributed by atoms with Gasteiger partial charge in [0.25, 0.3) is 0 Å². The Balaban J connectivity index is 1.21. The minimum absolute atomic E-state index is 0.186. The molecule has 1 aromatic heterocycles. The second kappa shape index (κ2) is 6.80. The molecule has 140 valence electrons. The van der Waals surface area contributed by atoms with Crippen LogP contribution in [-0.2, 0) is 9.53 Å². The van der Waals surface area contributed by atoms with Gasteiger partial charge in [-0.05, 0) is 25.7 Å². The minimum atomic E-state index is 0.186. The largest absolute Gasteiger partial charge is 0.381 e. The molecule has 3 aliphatic heterocycles. The molecule has 6 heteroatoms. The summed E-state index contributed by atoms with van der Waals surface area (Å²) in [5.41, 5.74) is 1.22. The lowest BCUT2D eigenvalue weighted by molar-refractivity contribution is -0.137. The van der Waals surface area contributed by atoms with Crippen molar-refractivity contribution in [2.75, 3.05) is 44.3 Å². The zero-order valence-corrected chi connectivity index (χ0v) is 15.3. The third kappa shape index (κ3) is 2.98. The molecule has 4 aliphatic rings. The molecule has 3 saturated heterocycles. The van der Waals surface area contributed by atoms with E-state index in [9.17, 15) is 4.79 Å². The molecule has 0 bridgehead atoms. The Kier molecular flexibility index (Phi) is 4.31. The molecule has 1 aromatic rings. The van der Waals surface area contributed by atoms with Gasteiger partial charge in [-0.1, -0.05) is 6.42 Å². The van der Waals surface area contributed by atoms with Crippen LogP contribution >= 0.6 is 0 Å². The first-order chi connectivity index (χ1) is 12.8. The van der Waals surface area contributed by atoms with Gasteiger partial charge in [0.05, 0.1) is 0 Å². The maximum atomic E-state index is 12.8. The minimum Gasteiger partial charge on any atom is -0.381 e. The molecule has 2 unspecified atom stereocenters. The normalized spacial score (nSPS) is 29.7. The Hall–Kier alpha value is -1.69. The van der Waals surface area contributed by atoms with Gasteiger partial charge in [0, 0.05) is 74.8 Å². The van der Waals surface area contributed by atoms with Crippen LogP contribution in [0, 0.1) is 17.8 Å². The lowest BCUT2D eigenvalue weighted by atomic mass is 9.83. The summed E-state index contributed by atoms with van der Waals surface area (Å²) in [7, 11) is 0. The van der Waals surface area contributed by atoms with E-state index in [1.54, 1.807) is 6.33 Å². The summed E-state index contributed by atoms with van der Waals surface area (Å²) in [6.07, 6.45) is 7.38. The van der Waals surface area contributed by atoms with E-state index in [-0.39, 0.29) is 5.92 Å².